The zero-order valence-corrected chi connectivity index (χ0v) is 16.9. The van der Waals surface area contributed by atoms with Crippen LogP contribution in [0.15, 0.2) is 0 Å². The molecule has 2 atom stereocenters. The van der Waals surface area contributed by atoms with Crippen molar-refractivity contribution in [2.45, 2.75) is 85.0 Å². The van der Waals surface area contributed by atoms with Gasteiger partial charge in [-0.3, -0.25) is 14.5 Å². The van der Waals surface area contributed by atoms with E-state index in [4.69, 9.17) is 25.5 Å². The summed E-state index contributed by atoms with van der Waals surface area (Å²) in [7, 11) is 0. The van der Waals surface area contributed by atoms with E-state index >= 15 is 0 Å². The number of aliphatic hydroxyl groups excluding tert-OH is 2. The van der Waals surface area contributed by atoms with Gasteiger partial charge >= 0.3 is 17.9 Å². The zero-order valence-electron chi connectivity index (χ0n) is 16.9. The highest BCUT2D eigenvalue weighted by atomic mass is 16.4. The predicted octanol–water partition coefficient (Wildman–Crippen LogP) is 2.00. The lowest BCUT2D eigenvalue weighted by Crippen LogP contribution is -2.32. The number of carboxylic acids is 3. The summed E-state index contributed by atoms with van der Waals surface area (Å²) in [4.78, 5) is 31.4. The van der Waals surface area contributed by atoms with Gasteiger partial charge in [0.05, 0.1) is 6.42 Å². The first-order valence-electron chi connectivity index (χ1n) is 9.29. The van der Waals surface area contributed by atoms with Crippen LogP contribution in [-0.4, -0.2) is 73.8 Å². The van der Waals surface area contributed by atoms with Gasteiger partial charge in [-0.2, -0.15) is 0 Å². The van der Waals surface area contributed by atoms with Gasteiger partial charge in [-0.05, 0) is 26.4 Å². The second-order valence-corrected chi connectivity index (χ2v) is 5.86. The Hall–Kier alpha value is -1.71. The van der Waals surface area contributed by atoms with E-state index in [0.717, 1.165) is 25.9 Å². The molecule has 9 nitrogen and oxygen atoms in total. The molecule has 0 aliphatic heterocycles. The van der Waals surface area contributed by atoms with E-state index in [9.17, 15) is 14.4 Å². The summed E-state index contributed by atoms with van der Waals surface area (Å²) in [5.41, 5.74) is 0. The van der Waals surface area contributed by atoms with Gasteiger partial charge in [-0.25, -0.2) is 4.79 Å². The Kier molecular flexibility index (Phi) is 22.9. The van der Waals surface area contributed by atoms with Crippen LogP contribution in [0.5, 0.6) is 0 Å². The van der Waals surface area contributed by atoms with Crippen LogP contribution in [0.2, 0.25) is 0 Å². The second-order valence-electron chi connectivity index (χ2n) is 5.86. The van der Waals surface area contributed by atoms with E-state index in [1.54, 1.807) is 6.92 Å². The zero-order chi connectivity index (χ0) is 21.8. The van der Waals surface area contributed by atoms with E-state index in [0.29, 0.717) is 6.42 Å². The minimum absolute atomic E-state index is 0.287. The lowest BCUT2D eigenvalue weighted by molar-refractivity contribution is -0.152. The summed E-state index contributed by atoms with van der Waals surface area (Å²) in [6.45, 7) is 9.86. The fourth-order valence-electron chi connectivity index (χ4n) is 1.88. The summed E-state index contributed by atoms with van der Waals surface area (Å²) in [5, 5.41) is 41.4. The van der Waals surface area contributed by atoms with E-state index in [1.165, 1.54) is 19.3 Å². The highest BCUT2D eigenvalue weighted by Gasteiger charge is 2.16. The van der Waals surface area contributed by atoms with Crippen LogP contribution in [0, 0.1) is 0 Å². The number of hydrogen-bond acceptors (Lipinski definition) is 6. The number of hydrogen-bond donors (Lipinski definition) is 5. The Labute approximate surface area is 161 Å². The number of nitrogens with zero attached hydrogens (tertiary/aromatic N) is 1. The third-order valence-electron chi connectivity index (χ3n) is 3.49. The highest BCUT2D eigenvalue weighted by Crippen LogP contribution is 2.04. The van der Waals surface area contributed by atoms with Crippen molar-refractivity contribution in [3.63, 3.8) is 0 Å². The van der Waals surface area contributed by atoms with Gasteiger partial charge in [-0.1, -0.05) is 46.5 Å². The van der Waals surface area contributed by atoms with Crippen molar-refractivity contribution in [2.75, 3.05) is 13.1 Å². The largest absolute Gasteiger partial charge is 0.481 e. The van der Waals surface area contributed by atoms with Crippen molar-refractivity contribution in [1.82, 2.24) is 4.90 Å². The molecule has 0 saturated carbocycles. The number of carboxylic acid groups (broad SMARTS) is 3. The van der Waals surface area contributed by atoms with E-state index in [-0.39, 0.29) is 6.23 Å². The maximum Gasteiger partial charge on any atom is 0.333 e. The molecule has 5 N–H and O–H groups in total. The minimum atomic E-state index is -1.79. The van der Waals surface area contributed by atoms with E-state index < -0.39 is 30.4 Å². The molecular formula is C18H37NO8. The molecule has 0 aromatic rings. The van der Waals surface area contributed by atoms with Crippen molar-refractivity contribution >= 4 is 17.9 Å². The number of carbonyl (C=O) groups is 3. The van der Waals surface area contributed by atoms with E-state index in [1.807, 2.05) is 18.7 Å². The topological polar surface area (TPSA) is 156 Å². The lowest BCUT2D eigenvalue weighted by Gasteiger charge is -2.20. The van der Waals surface area contributed by atoms with E-state index in [2.05, 4.69) is 6.92 Å². The molecule has 0 saturated heterocycles. The molecule has 0 heterocycles. The number of aliphatic hydroxyl groups is 2. The lowest BCUT2D eigenvalue weighted by atomic mass is 10.1. The maximum absolute atomic E-state index is 10.0. The summed E-state index contributed by atoms with van der Waals surface area (Å²) in [6.07, 6.45) is 3.05. The summed E-state index contributed by atoms with van der Waals surface area (Å²) < 4.78 is 0. The van der Waals surface area contributed by atoms with Gasteiger partial charge < -0.3 is 25.5 Å². The molecule has 0 fully saturated rings. The molecule has 0 aromatic carbocycles. The molecule has 0 spiro atoms. The molecule has 0 radical (unpaired) electrons. The fraction of sp³-hybridized carbons (Fsp3) is 0.833. The fourth-order valence-corrected chi connectivity index (χ4v) is 1.88. The number of rotatable bonds is 12. The Morgan fingerprint density at radius 3 is 1.52 bits per heavy atom. The van der Waals surface area contributed by atoms with Crippen molar-refractivity contribution in [3.8, 4) is 0 Å². The molecule has 0 aliphatic carbocycles. The van der Waals surface area contributed by atoms with Crippen LogP contribution in [-0.2, 0) is 14.4 Å². The molecule has 0 aromatic heterocycles. The first-order valence-corrected chi connectivity index (χ1v) is 9.29. The minimum Gasteiger partial charge on any atom is -0.481 e. The van der Waals surface area contributed by atoms with Gasteiger partial charge in [0.2, 0.25) is 0 Å². The molecule has 162 valence electrons. The van der Waals surface area contributed by atoms with Crippen LogP contribution >= 0.6 is 0 Å². The first kappa shape index (κ1) is 30.0. The molecular weight excluding hydrogens is 358 g/mol. The standard InChI is InChI=1S/C8H16O2.C6H15NO.C4H6O5/c1-2-3-4-5-6-7-8(9)10;1-4-7(5-2)6(3)8;5-2(4(8)9)1-3(6)7/h2-7H2,1H3,(H,9,10);6,8H,4-5H2,1-3H3;2,5H,1H2,(H,6,7)(H,8,9). The molecule has 0 rings (SSSR count). The first-order chi connectivity index (χ1) is 12.5. The summed E-state index contributed by atoms with van der Waals surface area (Å²) >= 11 is 0. The smallest absolute Gasteiger partial charge is 0.333 e. The van der Waals surface area contributed by atoms with Gasteiger partial charge in [0.1, 0.15) is 6.23 Å². The predicted molar refractivity (Wildman–Crippen MR) is 102 cm³/mol. The maximum atomic E-state index is 10.0. The van der Waals surface area contributed by atoms with Gasteiger partial charge in [-0.15, -0.1) is 0 Å². The van der Waals surface area contributed by atoms with Gasteiger partial charge in [0.25, 0.3) is 0 Å². The van der Waals surface area contributed by atoms with Crippen LogP contribution in [0.1, 0.15) is 72.6 Å². The Morgan fingerprint density at radius 2 is 1.30 bits per heavy atom. The Bertz CT molecular complexity index is 384. The van der Waals surface area contributed by atoms with Gasteiger partial charge in [0.15, 0.2) is 6.10 Å². The summed E-state index contributed by atoms with van der Waals surface area (Å²) in [5.74, 6) is -3.52. The number of unbranched alkanes of at least 4 members (excludes halogenated alkanes) is 4. The third kappa shape index (κ3) is 26.6. The monoisotopic (exact) mass is 395 g/mol. The van der Waals surface area contributed by atoms with Crippen molar-refractivity contribution < 1.29 is 39.9 Å². The Balaban J connectivity index is -0.000000322. The SMILES string of the molecule is CCCCCCCC(=O)O.CCN(CC)C(C)O.O=C(O)CC(O)C(=O)O. The third-order valence-corrected chi connectivity index (χ3v) is 3.49. The molecule has 0 aliphatic rings. The van der Waals surface area contributed by atoms with Crippen molar-refractivity contribution in [1.29, 1.82) is 0 Å². The van der Waals surface area contributed by atoms with Crippen LogP contribution in [0.3, 0.4) is 0 Å². The van der Waals surface area contributed by atoms with Crippen molar-refractivity contribution in [2.24, 2.45) is 0 Å². The Morgan fingerprint density at radius 1 is 0.815 bits per heavy atom. The van der Waals surface area contributed by atoms with Crippen molar-refractivity contribution in [3.05, 3.63) is 0 Å². The normalized spacial score (nSPS) is 12.1. The molecule has 27 heavy (non-hydrogen) atoms. The average Bonchev–Trinajstić information content (AvgIpc) is 2.55. The second kappa shape index (κ2) is 20.6. The van der Waals surface area contributed by atoms with Crippen LogP contribution in [0.4, 0.5) is 0 Å². The summed E-state index contributed by atoms with van der Waals surface area (Å²) in [6, 6.07) is 0. The van der Waals surface area contributed by atoms with Crippen LogP contribution in [0.25, 0.3) is 0 Å². The number of aliphatic carboxylic acids is 3. The molecule has 0 amide bonds. The molecule has 0 bridgehead atoms. The van der Waals surface area contributed by atoms with Crippen LogP contribution < -0.4 is 0 Å². The molecule has 9 heteroatoms. The molecule has 2 unspecified atom stereocenters. The average molecular weight is 395 g/mol. The quantitative estimate of drug-likeness (QED) is 0.246. The van der Waals surface area contributed by atoms with Gasteiger partial charge in [0, 0.05) is 6.42 Å². The highest BCUT2D eigenvalue weighted by molar-refractivity contribution is 5.79.